The topological polar surface area (TPSA) is 107 Å². The molecule has 0 radical (unpaired) electrons. The van der Waals surface area contributed by atoms with E-state index in [-0.39, 0.29) is 24.0 Å². The molecular weight excluding hydrogens is 320 g/mol. The Kier molecular flexibility index (Phi) is 4.99. The Labute approximate surface area is 134 Å². The molecular formula is C14H18N4O4S. The summed E-state index contributed by atoms with van der Waals surface area (Å²) in [4.78, 5) is 10.6. The third kappa shape index (κ3) is 4.78. The maximum Gasteiger partial charge on any atom is 0.274 e. The van der Waals surface area contributed by atoms with E-state index in [2.05, 4.69) is 10.4 Å². The van der Waals surface area contributed by atoms with Gasteiger partial charge in [0.15, 0.2) is 0 Å². The number of nitro benzene ring substituents is 1. The normalized spacial score (nSPS) is 12.8. The van der Waals surface area contributed by atoms with Crippen LogP contribution in [0.25, 0.3) is 0 Å². The van der Waals surface area contributed by atoms with Gasteiger partial charge in [-0.25, -0.2) is 8.42 Å². The van der Waals surface area contributed by atoms with Crippen LogP contribution < -0.4 is 5.32 Å². The molecule has 2 aromatic rings. The fourth-order valence-electron chi connectivity index (χ4n) is 2.14. The van der Waals surface area contributed by atoms with Crippen LogP contribution in [-0.4, -0.2) is 35.1 Å². The molecule has 0 aliphatic carbocycles. The van der Waals surface area contributed by atoms with Gasteiger partial charge in [0.1, 0.15) is 15.7 Å². The molecule has 2 rings (SSSR count). The first-order chi connectivity index (χ1) is 10.8. The first kappa shape index (κ1) is 16.9. The lowest BCUT2D eigenvalue weighted by atomic mass is 10.1. The van der Waals surface area contributed by atoms with Crippen molar-refractivity contribution in [2.75, 3.05) is 17.3 Å². The molecule has 1 aromatic heterocycles. The molecule has 0 saturated carbocycles. The van der Waals surface area contributed by atoms with Crippen LogP contribution in [0.5, 0.6) is 0 Å². The zero-order valence-corrected chi connectivity index (χ0v) is 13.7. The van der Waals surface area contributed by atoms with Gasteiger partial charge in [-0.15, -0.1) is 0 Å². The van der Waals surface area contributed by atoms with Gasteiger partial charge in [-0.05, 0) is 6.92 Å². The molecule has 0 saturated heterocycles. The molecule has 0 amide bonds. The Hall–Kier alpha value is -2.42. The van der Waals surface area contributed by atoms with E-state index < -0.39 is 14.8 Å². The van der Waals surface area contributed by atoms with E-state index in [1.165, 1.54) is 17.0 Å². The predicted molar refractivity (Wildman–Crippen MR) is 87.1 cm³/mol. The fourth-order valence-corrected chi connectivity index (χ4v) is 2.66. The molecule has 124 valence electrons. The summed E-state index contributed by atoms with van der Waals surface area (Å²) in [5.41, 5.74) is 0.604. The predicted octanol–water partition coefficient (Wildman–Crippen LogP) is 2.01. The minimum absolute atomic E-state index is 0.00777. The van der Waals surface area contributed by atoms with Gasteiger partial charge in [0, 0.05) is 24.6 Å². The van der Waals surface area contributed by atoms with Crippen LogP contribution in [0.15, 0.2) is 36.5 Å². The van der Waals surface area contributed by atoms with Crippen molar-refractivity contribution in [2.45, 2.75) is 19.5 Å². The summed E-state index contributed by atoms with van der Waals surface area (Å²) in [6.07, 6.45) is 2.84. The van der Waals surface area contributed by atoms with Gasteiger partial charge < -0.3 is 5.32 Å². The number of benzene rings is 1. The average Bonchev–Trinajstić information content (AvgIpc) is 2.92. The second-order valence-electron chi connectivity index (χ2n) is 5.28. The van der Waals surface area contributed by atoms with Gasteiger partial charge in [0.2, 0.25) is 0 Å². The number of sulfone groups is 1. The molecule has 1 heterocycles. The van der Waals surface area contributed by atoms with E-state index in [0.717, 1.165) is 0 Å². The van der Waals surface area contributed by atoms with Crippen molar-refractivity contribution in [1.29, 1.82) is 0 Å². The molecule has 9 heteroatoms. The standard InChI is InChI=1S/C14H18N4O4S/c1-11(12-5-3-4-6-13(12)18(19)20)15-14-7-8-17(16-14)9-10-23(2,21)22/h3-8,11H,9-10H2,1-2H3,(H,15,16)/t11-/m0/s1. The van der Waals surface area contributed by atoms with Crippen molar-refractivity contribution >= 4 is 21.3 Å². The van der Waals surface area contributed by atoms with Gasteiger partial charge in [0.25, 0.3) is 5.69 Å². The Morgan fingerprint density at radius 3 is 2.70 bits per heavy atom. The zero-order valence-electron chi connectivity index (χ0n) is 12.8. The van der Waals surface area contributed by atoms with Crippen molar-refractivity contribution in [2.24, 2.45) is 0 Å². The molecule has 8 nitrogen and oxygen atoms in total. The molecule has 1 atom stereocenters. The monoisotopic (exact) mass is 338 g/mol. The first-order valence-electron chi connectivity index (χ1n) is 6.97. The molecule has 0 unspecified atom stereocenters. The molecule has 1 N–H and O–H groups in total. The maximum absolute atomic E-state index is 11.2. The summed E-state index contributed by atoms with van der Waals surface area (Å²) < 4.78 is 23.8. The van der Waals surface area contributed by atoms with E-state index in [4.69, 9.17) is 0 Å². The van der Waals surface area contributed by atoms with E-state index in [1.807, 2.05) is 0 Å². The Morgan fingerprint density at radius 1 is 1.35 bits per heavy atom. The number of anilines is 1. The summed E-state index contributed by atoms with van der Waals surface area (Å²) in [6.45, 7) is 2.07. The van der Waals surface area contributed by atoms with Crippen molar-refractivity contribution in [3.8, 4) is 0 Å². The van der Waals surface area contributed by atoms with Crippen LogP contribution >= 0.6 is 0 Å². The van der Waals surface area contributed by atoms with Crippen molar-refractivity contribution in [3.63, 3.8) is 0 Å². The van der Waals surface area contributed by atoms with Crippen LogP contribution in [0.4, 0.5) is 11.5 Å². The third-order valence-electron chi connectivity index (χ3n) is 3.30. The number of rotatable bonds is 7. The summed E-state index contributed by atoms with van der Waals surface area (Å²) in [5.74, 6) is 0.539. The highest BCUT2D eigenvalue weighted by Gasteiger charge is 2.18. The van der Waals surface area contributed by atoms with Crippen LogP contribution in [0.3, 0.4) is 0 Å². The molecule has 0 aliphatic rings. The second-order valence-corrected chi connectivity index (χ2v) is 7.54. The molecule has 0 bridgehead atoms. The lowest BCUT2D eigenvalue weighted by Crippen LogP contribution is -2.13. The number of hydrogen-bond acceptors (Lipinski definition) is 6. The van der Waals surface area contributed by atoms with Crippen molar-refractivity contribution in [1.82, 2.24) is 9.78 Å². The molecule has 23 heavy (non-hydrogen) atoms. The molecule has 0 spiro atoms. The van der Waals surface area contributed by atoms with Gasteiger partial charge in [-0.1, -0.05) is 18.2 Å². The largest absolute Gasteiger partial charge is 0.362 e. The number of nitrogens with one attached hydrogen (secondary N) is 1. The van der Waals surface area contributed by atoms with Gasteiger partial charge >= 0.3 is 0 Å². The second kappa shape index (κ2) is 6.78. The minimum Gasteiger partial charge on any atom is -0.362 e. The fraction of sp³-hybridized carbons (Fsp3) is 0.357. The molecule has 0 fully saturated rings. The lowest BCUT2D eigenvalue weighted by Gasteiger charge is -2.13. The van der Waals surface area contributed by atoms with Gasteiger partial charge in [-0.2, -0.15) is 5.10 Å². The quantitative estimate of drug-likeness (QED) is 0.611. The Bertz CT molecular complexity index is 801. The number of nitro groups is 1. The number of nitrogens with zero attached hydrogens (tertiary/aromatic N) is 3. The zero-order chi connectivity index (χ0) is 17.0. The molecule has 1 aromatic carbocycles. The SMILES string of the molecule is C[C@H](Nc1ccn(CCS(C)(=O)=O)n1)c1ccccc1[N+](=O)[O-]. The average molecular weight is 338 g/mol. The number of para-hydroxylation sites is 1. The number of aromatic nitrogens is 2. The van der Waals surface area contributed by atoms with Crippen LogP contribution in [-0.2, 0) is 16.4 Å². The van der Waals surface area contributed by atoms with Gasteiger partial charge in [-0.3, -0.25) is 14.8 Å². The van der Waals surface area contributed by atoms with E-state index in [9.17, 15) is 18.5 Å². The first-order valence-corrected chi connectivity index (χ1v) is 9.03. The van der Waals surface area contributed by atoms with Crippen LogP contribution in [0.1, 0.15) is 18.5 Å². The van der Waals surface area contributed by atoms with E-state index in [1.54, 1.807) is 37.4 Å². The third-order valence-corrected chi connectivity index (χ3v) is 4.22. The lowest BCUT2D eigenvalue weighted by molar-refractivity contribution is -0.385. The highest BCUT2D eigenvalue weighted by Crippen LogP contribution is 2.26. The smallest absolute Gasteiger partial charge is 0.274 e. The summed E-state index contributed by atoms with van der Waals surface area (Å²) in [5, 5.41) is 18.4. The van der Waals surface area contributed by atoms with Crippen LogP contribution in [0, 0.1) is 10.1 Å². The maximum atomic E-state index is 11.2. The molecule has 0 aliphatic heterocycles. The van der Waals surface area contributed by atoms with E-state index >= 15 is 0 Å². The van der Waals surface area contributed by atoms with E-state index in [0.29, 0.717) is 11.4 Å². The van der Waals surface area contributed by atoms with Crippen molar-refractivity contribution in [3.05, 3.63) is 52.2 Å². The number of hydrogen-bond donors (Lipinski definition) is 1. The Balaban J connectivity index is 2.08. The summed E-state index contributed by atoms with van der Waals surface area (Å²) in [7, 11) is -3.05. The van der Waals surface area contributed by atoms with Gasteiger partial charge in [0.05, 0.1) is 28.8 Å². The summed E-state index contributed by atoms with van der Waals surface area (Å²) in [6, 6.07) is 7.90. The summed E-state index contributed by atoms with van der Waals surface area (Å²) >= 11 is 0. The van der Waals surface area contributed by atoms with Crippen molar-refractivity contribution < 1.29 is 13.3 Å². The van der Waals surface area contributed by atoms with Crippen LogP contribution in [0.2, 0.25) is 0 Å². The highest BCUT2D eigenvalue weighted by molar-refractivity contribution is 7.90. The Morgan fingerprint density at radius 2 is 2.04 bits per heavy atom. The number of aryl methyl sites for hydroxylation is 1. The highest BCUT2D eigenvalue weighted by atomic mass is 32.2. The minimum atomic E-state index is -3.05.